The van der Waals surface area contributed by atoms with Crippen molar-refractivity contribution in [3.63, 3.8) is 0 Å². The maximum Gasteiger partial charge on any atom is 0.240 e. The number of benzene rings is 1. The average molecular weight is 314 g/mol. The molecule has 1 aromatic carbocycles. The van der Waals surface area contributed by atoms with Crippen LogP contribution < -0.4 is 5.32 Å². The van der Waals surface area contributed by atoms with Crippen LogP contribution >= 0.6 is 27.7 Å². The van der Waals surface area contributed by atoms with Crippen LogP contribution in [0.1, 0.15) is 25.3 Å². The monoisotopic (exact) mass is 313 g/mol. The van der Waals surface area contributed by atoms with Gasteiger partial charge in [0.2, 0.25) is 5.91 Å². The zero-order chi connectivity index (χ0) is 12.5. The smallest absolute Gasteiger partial charge is 0.240 e. The number of aryl methyl sites for hydroxylation is 1. The molecule has 1 atom stereocenters. The zero-order valence-electron chi connectivity index (χ0n) is 10.0. The van der Waals surface area contributed by atoms with Crippen molar-refractivity contribution in [2.45, 2.75) is 31.4 Å². The topological polar surface area (TPSA) is 29.1 Å². The van der Waals surface area contributed by atoms with E-state index in [0.717, 1.165) is 34.3 Å². The lowest BCUT2D eigenvalue weighted by Gasteiger charge is -2.22. The van der Waals surface area contributed by atoms with E-state index in [-0.39, 0.29) is 10.7 Å². The van der Waals surface area contributed by atoms with Gasteiger partial charge in [0.1, 0.15) is 0 Å². The summed E-state index contributed by atoms with van der Waals surface area (Å²) < 4.78 is 0.711. The van der Waals surface area contributed by atoms with Gasteiger partial charge >= 0.3 is 0 Å². The fourth-order valence-corrected chi connectivity index (χ4v) is 3.53. The lowest BCUT2D eigenvalue weighted by atomic mass is 10.0. The van der Waals surface area contributed by atoms with Crippen LogP contribution in [0.5, 0.6) is 0 Å². The third-order valence-electron chi connectivity index (χ3n) is 3.14. The highest BCUT2D eigenvalue weighted by atomic mass is 79.9. The molecule has 92 valence electrons. The predicted octanol–water partition coefficient (Wildman–Crippen LogP) is 3.98. The Balaban J connectivity index is 2.16. The van der Waals surface area contributed by atoms with Crippen LogP contribution in [0.15, 0.2) is 22.7 Å². The van der Waals surface area contributed by atoms with Gasteiger partial charge in [0.25, 0.3) is 0 Å². The van der Waals surface area contributed by atoms with Gasteiger partial charge in [-0.15, -0.1) is 11.8 Å². The summed E-state index contributed by atoms with van der Waals surface area (Å²) in [6.45, 7) is 4.05. The van der Waals surface area contributed by atoms with Crippen molar-refractivity contribution in [2.75, 3.05) is 11.1 Å². The quantitative estimate of drug-likeness (QED) is 0.894. The van der Waals surface area contributed by atoms with Gasteiger partial charge in [0.05, 0.1) is 10.4 Å². The molecule has 0 radical (unpaired) electrons. The second kappa shape index (κ2) is 5.02. The van der Waals surface area contributed by atoms with Crippen molar-refractivity contribution in [2.24, 2.45) is 0 Å². The van der Waals surface area contributed by atoms with Crippen LogP contribution in [0.2, 0.25) is 0 Å². The molecule has 1 aromatic rings. The number of carbonyl (C=O) groups is 1. The number of hydrogen-bond acceptors (Lipinski definition) is 2. The summed E-state index contributed by atoms with van der Waals surface area (Å²) in [6.07, 6.45) is 2.09. The van der Waals surface area contributed by atoms with Crippen LogP contribution in [0, 0.1) is 6.92 Å². The molecule has 4 heteroatoms. The summed E-state index contributed by atoms with van der Waals surface area (Å²) in [5.41, 5.74) is 2.00. The molecule has 1 heterocycles. The van der Waals surface area contributed by atoms with E-state index in [2.05, 4.69) is 21.2 Å². The van der Waals surface area contributed by atoms with Crippen LogP contribution in [-0.4, -0.2) is 16.4 Å². The van der Waals surface area contributed by atoms with Gasteiger partial charge < -0.3 is 5.32 Å². The Hall–Kier alpha value is -0.480. The van der Waals surface area contributed by atoms with Crippen molar-refractivity contribution in [3.05, 3.63) is 28.2 Å². The maximum atomic E-state index is 12.2. The molecule has 2 rings (SSSR count). The Labute approximate surface area is 115 Å². The van der Waals surface area contributed by atoms with Crippen molar-refractivity contribution in [1.29, 1.82) is 0 Å². The fraction of sp³-hybridized carbons (Fsp3) is 0.462. The Morgan fingerprint density at radius 3 is 2.94 bits per heavy atom. The van der Waals surface area contributed by atoms with E-state index in [4.69, 9.17) is 0 Å². The summed E-state index contributed by atoms with van der Waals surface area (Å²) >= 11 is 5.27. The molecule has 1 saturated heterocycles. The van der Waals surface area contributed by atoms with E-state index >= 15 is 0 Å². The number of hydrogen-bond donors (Lipinski definition) is 1. The van der Waals surface area contributed by atoms with E-state index in [0.29, 0.717) is 0 Å². The zero-order valence-corrected chi connectivity index (χ0v) is 12.5. The number of amides is 1. The molecule has 0 bridgehead atoms. The first-order chi connectivity index (χ1) is 8.03. The van der Waals surface area contributed by atoms with E-state index in [9.17, 15) is 4.79 Å². The summed E-state index contributed by atoms with van der Waals surface area (Å²) in [5.74, 6) is 1.20. The molecule has 1 N–H and O–H groups in total. The van der Waals surface area contributed by atoms with E-state index in [1.54, 1.807) is 11.8 Å². The van der Waals surface area contributed by atoms with Gasteiger partial charge in [-0.1, -0.05) is 12.1 Å². The van der Waals surface area contributed by atoms with Gasteiger partial charge in [0, 0.05) is 4.47 Å². The second-order valence-corrected chi connectivity index (χ2v) is 6.96. The van der Waals surface area contributed by atoms with Gasteiger partial charge in [-0.2, -0.15) is 0 Å². The average Bonchev–Trinajstić information content (AvgIpc) is 2.73. The Morgan fingerprint density at radius 2 is 2.29 bits per heavy atom. The van der Waals surface area contributed by atoms with E-state index in [1.807, 2.05) is 32.0 Å². The number of anilines is 1. The summed E-state index contributed by atoms with van der Waals surface area (Å²) in [6, 6.07) is 5.91. The van der Waals surface area contributed by atoms with Gasteiger partial charge in [-0.3, -0.25) is 4.79 Å². The maximum absolute atomic E-state index is 12.2. The van der Waals surface area contributed by atoms with Gasteiger partial charge in [-0.05, 0) is 60.0 Å². The third kappa shape index (κ3) is 2.68. The number of carbonyl (C=O) groups excluding carboxylic acids is 1. The van der Waals surface area contributed by atoms with E-state index < -0.39 is 0 Å². The lowest BCUT2D eigenvalue weighted by Crippen LogP contribution is -2.34. The molecule has 1 fully saturated rings. The molecule has 1 unspecified atom stereocenters. The molecule has 17 heavy (non-hydrogen) atoms. The minimum atomic E-state index is -0.261. The Bertz CT molecular complexity index is 441. The first kappa shape index (κ1) is 13.0. The van der Waals surface area contributed by atoms with Crippen LogP contribution in [0.25, 0.3) is 0 Å². The molecule has 0 spiro atoms. The predicted molar refractivity (Wildman–Crippen MR) is 77.6 cm³/mol. The summed E-state index contributed by atoms with van der Waals surface area (Å²) in [4.78, 5) is 12.2. The molecule has 0 saturated carbocycles. The highest BCUT2D eigenvalue weighted by Gasteiger charge is 2.37. The summed E-state index contributed by atoms with van der Waals surface area (Å²) in [7, 11) is 0. The largest absolute Gasteiger partial charge is 0.324 e. The molecule has 1 amide bonds. The first-order valence-corrected chi connectivity index (χ1v) is 7.51. The minimum absolute atomic E-state index is 0.117. The number of halogens is 1. The highest BCUT2D eigenvalue weighted by Crippen LogP contribution is 2.39. The second-order valence-electron chi connectivity index (χ2n) is 4.57. The Morgan fingerprint density at radius 1 is 1.53 bits per heavy atom. The van der Waals surface area contributed by atoms with Crippen LogP contribution in [0.4, 0.5) is 5.69 Å². The van der Waals surface area contributed by atoms with Gasteiger partial charge in [0.15, 0.2) is 0 Å². The molecule has 2 nitrogen and oxygen atoms in total. The standard InChI is InChI=1S/C13H16BrNOS/c1-9-5-3-6-10(11(9)14)15-12(16)13(2)7-4-8-17-13/h3,5-6H,4,7-8H2,1-2H3,(H,15,16). The molecular formula is C13H16BrNOS. The normalized spacial score (nSPS) is 23.7. The van der Waals surface area contributed by atoms with Crippen molar-refractivity contribution in [1.82, 2.24) is 0 Å². The third-order valence-corrected chi connectivity index (χ3v) is 5.71. The molecule has 1 aliphatic rings. The fourth-order valence-electron chi connectivity index (χ4n) is 1.96. The molecule has 0 aromatic heterocycles. The number of nitrogens with one attached hydrogen (secondary N) is 1. The summed E-state index contributed by atoms with van der Waals surface area (Å²) in [5, 5.41) is 3.03. The molecule has 1 aliphatic heterocycles. The molecular weight excluding hydrogens is 298 g/mol. The minimum Gasteiger partial charge on any atom is -0.324 e. The van der Waals surface area contributed by atoms with Crippen LogP contribution in [-0.2, 0) is 4.79 Å². The number of rotatable bonds is 2. The Kier molecular flexibility index (Phi) is 3.83. The van der Waals surface area contributed by atoms with Crippen molar-refractivity contribution in [3.8, 4) is 0 Å². The first-order valence-electron chi connectivity index (χ1n) is 5.73. The van der Waals surface area contributed by atoms with Crippen molar-refractivity contribution < 1.29 is 4.79 Å². The van der Waals surface area contributed by atoms with E-state index in [1.165, 1.54) is 0 Å². The lowest BCUT2D eigenvalue weighted by molar-refractivity contribution is -0.118. The molecule has 0 aliphatic carbocycles. The van der Waals surface area contributed by atoms with Crippen molar-refractivity contribution >= 4 is 39.3 Å². The highest BCUT2D eigenvalue weighted by molar-refractivity contribution is 9.10. The van der Waals surface area contributed by atoms with Crippen LogP contribution in [0.3, 0.4) is 0 Å². The number of thioether (sulfide) groups is 1. The van der Waals surface area contributed by atoms with Gasteiger partial charge in [-0.25, -0.2) is 0 Å². The SMILES string of the molecule is Cc1cccc(NC(=O)C2(C)CCCS2)c1Br.